The van der Waals surface area contributed by atoms with E-state index in [2.05, 4.69) is 10.2 Å². The molecule has 7 heteroatoms. The summed E-state index contributed by atoms with van der Waals surface area (Å²) in [6.07, 6.45) is 0. The number of halogens is 2. The minimum atomic E-state index is -0.606. The fraction of sp³-hybridized carbons (Fsp3) is 0.263. The zero-order chi connectivity index (χ0) is 18.5. The predicted octanol–water partition coefficient (Wildman–Crippen LogP) is 2.56. The number of benzene rings is 2. The summed E-state index contributed by atoms with van der Waals surface area (Å²) in [6.45, 7) is 2.26. The molecule has 2 aromatic rings. The SMILES string of the molecule is O=C(NCC(=O)N1CCN(c2ccccc2Cl)CC1)c1ccccc1F. The molecule has 1 fully saturated rings. The predicted molar refractivity (Wildman–Crippen MR) is 99.0 cm³/mol. The maximum Gasteiger partial charge on any atom is 0.254 e. The molecular formula is C19H19ClFN3O2. The van der Waals surface area contributed by atoms with Gasteiger partial charge in [0.05, 0.1) is 22.8 Å². The van der Waals surface area contributed by atoms with Gasteiger partial charge in [-0.15, -0.1) is 0 Å². The van der Waals surface area contributed by atoms with Gasteiger partial charge < -0.3 is 15.1 Å². The molecule has 0 atom stereocenters. The summed E-state index contributed by atoms with van der Waals surface area (Å²) in [4.78, 5) is 28.1. The molecule has 1 saturated heterocycles. The molecule has 0 bridgehead atoms. The molecule has 3 rings (SSSR count). The summed E-state index contributed by atoms with van der Waals surface area (Å²) < 4.78 is 13.6. The summed E-state index contributed by atoms with van der Waals surface area (Å²) in [5.74, 6) is -1.38. The number of hydrogen-bond donors (Lipinski definition) is 1. The third kappa shape index (κ3) is 4.14. The molecule has 1 aliphatic heterocycles. The topological polar surface area (TPSA) is 52.7 Å². The van der Waals surface area contributed by atoms with E-state index in [4.69, 9.17) is 11.6 Å². The number of hydrogen-bond acceptors (Lipinski definition) is 3. The lowest BCUT2D eigenvalue weighted by molar-refractivity contribution is -0.130. The van der Waals surface area contributed by atoms with Crippen molar-refractivity contribution >= 4 is 29.1 Å². The molecule has 26 heavy (non-hydrogen) atoms. The summed E-state index contributed by atoms with van der Waals surface area (Å²) >= 11 is 6.21. The van der Waals surface area contributed by atoms with Crippen molar-refractivity contribution < 1.29 is 14.0 Å². The smallest absolute Gasteiger partial charge is 0.254 e. The van der Waals surface area contributed by atoms with E-state index in [1.165, 1.54) is 18.2 Å². The average molecular weight is 376 g/mol. The van der Waals surface area contributed by atoms with E-state index in [1.807, 2.05) is 24.3 Å². The summed E-state index contributed by atoms with van der Waals surface area (Å²) in [6, 6.07) is 13.3. The van der Waals surface area contributed by atoms with E-state index < -0.39 is 11.7 Å². The molecule has 2 amide bonds. The van der Waals surface area contributed by atoms with Gasteiger partial charge in [0.1, 0.15) is 5.82 Å². The standard InChI is InChI=1S/C19H19ClFN3O2/c20-15-6-2-4-8-17(15)23-9-11-24(12-10-23)18(25)13-22-19(26)14-5-1-3-7-16(14)21/h1-8H,9-13H2,(H,22,26). The molecule has 1 heterocycles. The van der Waals surface area contributed by atoms with Crippen molar-refractivity contribution in [2.24, 2.45) is 0 Å². The van der Waals surface area contributed by atoms with Gasteiger partial charge in [0.2, 0.25) is 5.91 Å². The monoisotopic (exact) mass is 375 g/mol. The number of anilines is 1. The van der Waals surface area contributed by atoms with Crippen LogP contribution in [0.1, 0.15) is 10.4 Å². The van der Waals surface area contributed by atoms with E-state index in [1.54, 1.807) is 11.0 Å². The molecular weight excluding hydrogens is 357 g/mol. The maximum absolute atomic E-state index is 13.6. The lowest BCUT2D eigenvalue weighted by atomic mass is 10.2. The molecule has 0 radical (unpaired) electrons. The molecule has 0 unspecified atom stereocenters. The van der Waals surface area contributed by atoms with E-state index in [-0.39, 0.29) is 18.0 Å². The fourth-order valence-electron chi connectivity index (χ4n) is 2.91. The molecule has 0 saturated carbocycles. The van der Waals surface area contributed by atoms with Crippen molar-refractivity contribution in [3.8, 4) is 0 Å². The quantitative estimate of drug-likeness (QED) is 0.893. The Hall–Kier alpha value is -2.60. The highest BCUT2D eigenvalue weighted by atomic mass is 35.5. The number of nitrogens with zero attached hydrogens (tertiary/aromatic N) is 2. The Morgan fingerprint density at radius 3 is 2.35 bits per heavy atom. The van der Waals surface area contributed by atoms with Crippen LogP contribution in [-0.4, -0.2) is 49.4 Å². The van der Waals surface area contributed by atoms with Crippen LogP contribution in [-0.2, 0) is 4.79 Å². The van der Waals surface area contributed by atoms with E-state index >= 15 is 0 Å². The highest BCUT2D eigenvalue weighted by Gasteiger charge is 2.23. The van der Waals surface area contributed by atoms with Crippen LogP contribution in [0.25, 0.3) is 0 Å². The highest BCUT2D eigenvalue weighted by Crippen LogP contribution is 2.25. The number of rotatable bonds is 4. The number of carbonyl (C=O) groups is 2. The van der Waals surface area contributed by atoms with Crippen molar-refractivity contribution in [2.75, 3.05) is 37.6 Å². The second-order valence-electron chi connectivity index (χ2n) is 5.98. The van der Waals surface area contributed by atoms with Gasteiger partial charge >= 0.3 is 0 Å². The van der Waals surface area contributed by atoms with Gasteiger partial charge in [-0.3, -0.25) is 9.59 Å². The fourth-order valence-corrected chi connectivity index (χ4v) is 3.17. The van der Waals surface area contributed by atoms with Crippen LogP contribution < -0.4 is 10.2 Å². The van der Waals surface area contributed by atoms with E-state index in [0.29, 0.717) is 31.2 Å². The van der Waals surface area contributed by atoms with Gasteiger partial charge in [-0.1, -0.05) is 35.9 Å². The van der Waals surface area contributed by atoms with Crippen molar-refractivity contribution in [2.45, 2.75) is 0 Å². The Labute approximate surface area is 156 Å². The van der Waals surface area contributed by atoms with Crippen LogP contribution in [0.5, 0.6) is 0 Å². The van der Waals surface area contributed by atoms with E-state index in [9.17, 15) is 14.0 Å². The van der Waals surface area contributed by atoms with E-state index in [0.717, 1.165) is 5.69 Å². The Bertz CT molecular complexity index is 807. The van der Waals surface area contributed by atoms with Gasteiger partial charge in [0.15, 0.2) is 0 Å². The Morgan fingerprint density at radius 1 is 1.00 bits per heavy atom. The van der Waals surface area contributed by atoms with Gasteiger partial charge in [-0.25, -0.2) is 4.39 Å². The molecule has 0 aromatic heterocycles. The van der Waals surface area contributed by atoms with Crippen molar-refractivity contribution in [3.05, 3.63) is 64.9 Å². The highest BCUT2D eigenvalue weighted by molar-refractivity contribution is 6.33. The van der Waals surface area contributed by atoms with Gasteiger partial charge in [0, 0.05) is 26.2 Å². The maximum atomic E-state index is 13.6. The Morgan fingerprint density at radius 2 is 1.65 bits per heavy atom. The lowest BCUT2D eigenvalue weighted by Gasteiger charge is -2.36. The van der Waals surface area contributed by atoms with Crippen LogP contribution in [0.2, 0.25) is 5.02 Å². The van der Waals surface area contributed by atoms with Gasteiger partial charge in [0.25, 0.3) is 5.91 Å². The first-order valence-electron chi connectivity index (χ1n) is 8.36. The van der Waals surface area contributed by atoms with Crippen LogP contribution >= 0.6 is 11.6 Å². The first-order chi connectivity index (χ1) is 12.6. The third-order valence-corrected chi connectivity index (χ3v) is 4.66. The van der Waals surface area contributed by atoms with Crippen LogP contribution in [0.15, 0.2) is 48.5 Å². The second-order valence-corrected chi connectivity index (χ2v) is 6.39. The molecule has 1 aliphatic rings. The first-order valence-corrected chi connectivity index (χ1v) is 8.74. The number of carbonyl (C=O) groups excluding carboxylic acids is 2. The van der Waals surface area contributed by atoms with Gasteiger partial charge in [-0.2, -0.15) is 0 Å². The lowest BCUT2D eigenvalue weighted by Crippen LogP contribution is -2.51. The zero-order valence-corrected chi connectivity index (χ0v) is 14.9. The largest absolute Gasteiger partial charge is 0.367 e. The van der Waals surface area contributed by atoms with Crippen LogP contribution in [0, 0.1) is 5.82 Å². The molecule has 0 aliphatic carbocycles. The minimum absolute atomic E-state index is 0.0659. The number of para-hydroxylation sites is 1. The third-order valence-electron chi connectivity index (χ3n) is 4.34. The average Bonchev–Trinajstić information content (AvgIpc) is 2.67. The number of amides is 2. The number of nitrogens with one attached hydrogen (secondary N) is 1. The number of piperazine rings is 1. The molecule has 2 aromatic carbocycles. The first kappa shape index (κ1) is 18.2. The van der Waals surface area contributed by atoms with Crippen molar-refractivity contribution in [1.82, 2.24) is 10.2 Å². The van der Waals surface area contributed by atoms with Crippen molar-refractivity contribution in [3.63, 3.8) is 0 Å². The summed E-state index contributed by atoms with van der Waals surface area (Å²) in [7, 11) is 0. The Kier molecular flexibility index (Phi) is 5.73. The molecule has 1 N–H and O–H groups in total. The van der Waals surface area contributed by atoms with Gasteiger partial charge in [-0.05, 0) is 24.3 Å². The second kappa shape index (κ2) is 8.19. The van der Waals surface area contributed by atoms with Crippen LogP contribution in [0.3, 0.4) is 0 Å². The molecule has 136 valence electrons. The Balaban J connectivity index is 1.50. The summed E-state index contributed by atoms with van der Waals surface area (Å²) in [5.41, 5.74) is 0.887. The van der Waals surface area contributed by atoms with Crippen molar-refractivity contribution in [1.29, 1.82) is 0 Å². The zero-order valence-electron chi connectivity index (χ0n) is 14.1. The summed E-state index contributed by atoms with van der Waals surface area (Å²) in [5, 5.41) is 3.17. The normalized spacial score (nSPS) is 14.2. The molecule has 0 spiro atoms. The molecule has 5 nitrogen and oxygen atoms in total. The van der Waals surface area contributed by atoms with Crippen LogP contribution in [0.4, 0.5) is 10.1 Å². The minimum Gasteiger partial charge on any atom is -0.367 e.